The molecule has 45 heavy (non-hydrogen) atoms. The highest BCUT2D eigenvalue weighted by molar-refractivity contribution is 5.94. The summed E-state index contributed by atoms with van der Waals surface area (Å²) in [5.74, 6) is -0.764. The van der Waals surface area contributed by atoms with Crippen LogP contribution in [-0.2, 0) is 17.5 Å². The van der Waals surface area contributed by atoms with Gasteiger partial charge >= 0.3 is 12.4 Å². The first-order valence-corrected chi connectivity index (χ1v) is 13.5. The molecule has 1 aliphatic rings. The van der Waals surface area contributed by atoms with Gasteiger partial charge in [-0.15, -0.1) is 0 Å². The predicted octanol–water partition coefficient (Wildman–Crippen LogP) is 5.35. The average Bonchev–Trinajstić information content (AvgIpc) is 3.41. The van der Waals surface area contributed by atoms with Gasteiger partial charge in [-0.3, -0.25) is 14.6 Å². The van der Waals surface area contributed by atoms with E-state index in [2.05, 4.69) is 15.3 Å². The molecule has 0 atom stereocenters. The van der Waals surface area contributed by atoms with Gasteiger partial charge in [0.25, 0.3) is 5.91 Å². The second-order valence-corrected chi connectivity index (χ2v) is 10.5. The fourth-order valence-electron chi connectivity index (χ4n) is 4.81. The number of benzene rings is 1. The summed E-state index contributed by atoms with van der Waals surface area (Å²) in [7, 11) is 0. The third-order valence-electron chi connectivity index (χ3n) is 7.36. The molecule has 15 heteroatoms. The number of anilines is 1. The van der Waals surface area contributed by atoms with Crippen LogP contribution in [0.15, 0.2) is 65.4 Å². The number of aliphatic hydroxyl groups is 1. The Morgan fingerprint density at radius 1 is 1.02 bits per heavy atom. The zero-order valence-electron chi connectivity index (χ0n) is 23.2. The number of rotatable bonds is 6. The van der Waals surface area contributed by atoms with Crippen molar-refractivity contribution in [2.75, 3.05) is 18.8 Å². The predicted molar refractivity (Wildman–Crippen MR) is 150 cm³/mol. The third kappa shape index (κ3) is 6.93. The number of nitrogens with zero attached hydrogens (tertiary/aromatic N) is 3. The van der Waals surface area contributed by atoms with Gasteiger partial charge in [-0.25, -0.2) is 4.98 Å². The van der Waals surface area contributed by atoms with E-state index in [4.69, 9.17) is 10.2 Å². The Morgan fingerprint density at radius 3 is 2.36 bits per heavy atom. The van der Waals surface area contributed by atoms with E-state index < -0.39 is 53.8 Å². The lowest BCUT2D eigenvalue weighted by molar-refractivity contribution is -0.271. The third-order valence-corrected chi connectivity index (χ3v) is 7.36. The Balaban J connectivity index is 1.31. The topological polar surface area (TPSA) is 135 Å². The number of amides is 2. The number of alkyl halides is 6. The maximum Gasteiger partial charge on any atom is 0.420 e. The lowest BCUT2D eigenvalue weighted by atomic mass is 9.90. The van der Waals surface area contributed by atoms with E-state index in [1.165, 1.54) is 42.6 Å². The zero-order chi connectivity index (χ0) is 32.6. The van der Waals surface area contributed by atoms with Crippen LogP contribution in [0.4, 0.5) is 32.2 Å². The number of likely N-dealkylation sites (tertiary alicyclic amines) is 1. The molecule has 4 aromatic rings. The monoisotopic (exact) mass is 633 g/mol. The highest BCUT2D eigenvalue weighted by atomic mass is 19.4. The SMILES string of the molecule is Nc1ccc(C=CC(=O)NCc2cc3cc(-c4ccc(C(=O)N5CCC(O)(C(F)(F)F)CC5)cn4)cc(C(F)(F)F)c3o2)cn1. The molecular weight excluding hydrogens is 608 g/mol. The summed E-state index contributed by atoms with van der Waals surface area (Å²) in [6.07, 6.45) is -5.67. The van der Waals surface area contributed by atoms with Crippen LogP contribution in [0.2, 0.25) is 0 Å². The molecule has 0 aliphatic carbocycles. The van der Waals surface area contributed by atoms with Gasteiger partial charge in [0.05, 0.1) is 23.4 Å². The quantitative estimate of drug-likeness (QED) is 0.193. The zero-order valence-corrected chi connectivity index (χ0v) is 23.2. The molecular formula is C30H25F6N5O4. The fraction of sp³-hybridized carbons (Fsp3) is 0.267. The van der Waals surface area contributed by atoms with Gasteiger partial charge in [0.1, 0.15) is 17.2 Å². The van der Waals surface area contributed by atoms with Crippen molar-refractivity contribution < 1.29 is 45.5 Å². The summed E-state index contributed by atoms with van der Waals surface area (Å²) in [6, 6.07) is 9.48. The maximum absolute atomic E-state index is 14.0. The van der Waals surface area contributed by atoms with Crippen LogP contribution in [0.3, 0.4) is 0 Å². The second-order valence-electron chi connectivity index (χ2n) is 10.5. The fourth-order valence-corrected chi connectivity index (χ4v) is 4.81. The standard InChI is InChI=1S/C30H25F6N5O4/c31-29(32,33)22-13-19(23-4-3-18(15-38-23)27(43)41-9-7-28(44,8-10-41)30(34,35)36)11-20-12-21(45-26(20)22)16-40-25(42)6-2-17-1-5-24(37)39-14-17/h1-6,11-15,44H,7-10,16H2,(H2,37,39)(H,40,42). The van der Waals surface area contributed by atoms with Gasteiger partial charge in [0.15, 0.2) is 5.60 Å². The van der Waals surface area contributed by atoms with E-state index in [0.717, 1.165) is 17.2 Å². The summed E-state index contributed by atoms with van der Waals surface area (Å²) in [4.78, 5) is 34.2. The number of fused-ring (bicyclic) bond motifs is 1. The van der Waals surface area contributed by atoms with Crippen LogP contribution in [0, 0.1) is 0 Å². The Morgan fingerprint density at radius 2 is 1.76 bits per heavy atom. The minimum Gasteiger partial charge on any atom is -0.459 e. The Kier molecular flexibility index (Phi) is 8.31. The summed E-state index contributed by atoms with van der Waals surface area (Å²) in [5.41, 5.74) is 1.95. The molecule has 0 bridgehead atoms. The number of nitrogen functional groups attached to an aromatic ring is 1. The summed E-state index contributed by atoms with van der Waals surface area (Å²) >= 11 is 0. The first-order valence-electron chi connectivity index (χ1n) is 13.5. The average molecular weight is 634 g/mol. The molecule has 4 N–H and O–H groups in total. The molecule has 0 spiro atoms. The van der Waals surface area contributed by atoms with Gasteiger partial charge in [-0.1, -0.05) is 0 Å². The minimum absolute atomic E-state index is 0.0244. The molecule has 9 nitrogen and oxygen atoms in total. The normalized spacial score (nSPS) is 15.5. The number of piperidine rings is 1. The molecule has 1 fully saturated rings. The molecule has 236 valence electrons. The number of hydrogen-bond acceptors (Lipinski definition) is 7. The number of hydrogen-bond donors (Lipinski definition) is 3. The molecule has 1 aliphatic heterocycles. The minimum atomic E-state index is -4.82. The van der Waals surface area contributed by atoms with E-state index >= 15 is 0 Å². The van der Waals surface area contributed by atoms with Crippen molar-refractivity contribution in [3.63, 3.8) is 0 Å². The van der Waals surface area contributed by atoms with Gasteiger partial charge in [-0.2, -0.15) is 26.3 Å². The first kappa shape index (κ1) is 31.5. The van der Waals surface area contributed by atoms with Crippen LogP contribution in [0.1, 0.15) is 40.1 Å². The van der Waals surface area contributed by atoms with Crippen LogP contribution < -0.4 is 11.1 Å². The number of nitrogens with two attached hydrogens (primary N) is 1. The van der Waals surface area contributed by atoms with Gasteiger partial charge in [0, 0.05) is 55.4 Å². The lowest BCUT2D eigenvalue weighted by Gasteiger charge is -2.39. The molecule has 5 rings (SSSR count). The van der Waals surface area contributed by atoms with Crippen LogP contribution in [-0.4, -0.2) is 56.7 Å². The Labute approximate surface area is 251 Å². The van der Waals surface area contributed by atoms with Crippen molar-refractivity contribution in [3.05, 3.63) is 83.4 Å². The number of pyridine rings is 2. The van der Waals surface area contributed by atoms with Crippen molar-refractivity contribution in [3.8, 4) is 11.3 Å². The summed E-state index contributed by atoms with van der Waals surface area (Å²) in [6.45, 7) is -0.861. The van der Waals surface area contributed by atoms with Gasteiger partial charge < -0.3 is 25.5 Å². The number of aromatic nitrogens is 2. The van der Waals surface area contributed by atoms with Gasteiger partial charge in [-0.05, 0) is 54.1 Å². The highest BCUT2D eigenvalue weighted by Crippen LogP contribution is 2.40. The summed E-state index contributed by atoms with van der Waals surface area (Å²) in [5, 5.41) is 12.5. The van der Waals surface area contributed by atoms with Crippen molar-refractivity contribution in [2.45, 2.75) is 37.3 Å². The highest BCUT2D eigenvalue weighted by Gasteiger charge is 2.55. The molecule has 0 saturated carbocycles. The molecule has 4 heterocycles. The van der Waals surface area contributed by atoms with Crippen LogP contribution in [0.25, 0.3) is 28.3 Å². The second kappa shape index (κ2) is 11.9. The van der Waals surface area contributed by atoms with E-state index in [1.807, 2.05) is 0 Å². The van der Waals surface area contributed by atoms with E-state index in [-0.39, 0.29) is 47.6 Å². The number of carbonyl (C=O) groups excluding carboxylic acids is 2. The number of halogens is 6. The molecule has 2 amide bonds. The Hall–Kier alpha value is -4.92. The number of nitrogens with one attached hydrogen (secondary N) is 1. The number of furan rings is 1. The van der Waals surface area contributed by atoms with E-state index in [1.54, 1.807) is 12.1 Å². The van der Waals surface area contributed by atoms with E-state index in [0.29, 0.717) is 11.4 Å². The van der Waals surface area contributed by atoms with Gasteiger partial charge in [0.2, 0.25) is 5.91 Å². The number of carbonyl (C=O) groups is 2. The lowest BCUT2D eigenvalue weighted by Crippen LogP contribution is -2.54. The van der Waals surface area contributed by atoms with Crippen LogP contribution in [0.5, 0.6) is 0 Å². The molecule has 0 radical (unpaired) electrons. The molecule has 0 unspecified atom stereocenters. The molecule has 1 aromatic carbocycles. The Bertz CT molecular complexity index is 1740. The maximum atomic E-state index is 14.0. The smallest absolute Gasteiger partial charge is 0.420 e. The largest absolute Gasteiger partial charge is 0.459 e. The van der Waals surface area contributed by atoms with Crippen LogP contribution >= 0.6 is 0 Å². The molecule has 3 aromatic heterocycles. The summed E-state index contributed by atoms with van der Waals surface area (Å²) < 4.78 is 86.8. The van der Waals surface area contributed by atoms with E-state index in [9.17, 15) is 41.0 Å². The van der Waals surface area contributed by atoms with Crippen molar-refractivity contribution in [1.82, 2.24) is 20.2 Å². The van der Waals surface area contributed by atoms with Crippen molar-refractivity contribution in [1.29, 1.82) is 0 Å². The van der Waals surface area contributed by atoms with Crippen molar-refractivity contribution in [2.24, 2.45) is 0 Å². The first-order chi connectivity index (χ1) is 21.1. The van der Waals surface area contributed by atoms with Crippen molar-refractivity contribution >= 4 is 34.7 Å². The molecule has 1 saturated heterocycles.